The van der Waals surface area contributed by atoms with E-state index in [4.69, 9.17) is 4.84 Å². The lowest BCUT2D eigenvalue weighted by Gasteiger charge is -2.34. The molecular formula is C13H20BrN3O. The van der Waals surface area contributed by atoms with Crippen LogP contribution in [-0.4, -0.2) is 45.2 Å². The van der Waals surface area contributed by atoms with Gasteiger partial charge in [-0.15, -0.1) is 0 Å². The molecule has 0 unspecified atom stereocenters. The van der Waals surface area contributed by atoms with Crippen LogP contribution in [0.15, 0.2) is 22.7 Å². The van der Waals surface area contributed by atoms with Gasteiger partial charge in [-0.2, -0.15) is 5.48 Å². The number of piperazine rings is 1. The third-order valence-corrected chi connectivity index (χ3v) is 3.91. The number of likely N-dealkylation sites (N-methyl/N-ethyl adjacent to an activating group) is 1. The van der Waals surface area contributed by atoms with Crippen LogP contribution in [0.1, 0.15) is 5.56 Å². The molecule has 18 heavy (non-hydrogen) atoms. The van der Waals surface area contributed by atoms with Crippen LogP contribution in [0.4, 0.5) is 5.69 Å². The monoisotopic (exact) mass is 313 g/mol. The molecule has 0 radical (unpaired) electrons. The lowest BCUT2D eigenvalue weighted by atomic mass is 10.2. The second-order valence-electron chi connectivity index (χ2n) is 4.60. The zero-order chi connectivity index (χ0) is 13.0. The molecule has 1 aliphatic rings. The van der Waals surface area contributed by atoms with Gasteiger partial charge in [-0.05, 0) is 40.7 Å². The maximum atomic E-state index is 4.86. The Bertz CT molecular complexity index is 392. The summed E-state index contributed by atoms with van der Waals surface area (Å²) in [4.78, 5) is 9.65. The van der Waals surface area contributed by atoms with E-state index in [1.807, 2.05) is 0 Å². The largest absolute Gasteiger partial charge is 0.368 e. The second-order valence-corrected chi connectivity index (χ2v) is 5.46. The number of hydrogen-bond acceptors (Lipinski definition) is 4. The van der Waals surface area contributed by atoms with Crippen LogP contribution in [0.2, 0.25) is 0 Å². The van der Waals surface area contributed by atoms with Gasteiger partial charge in [0.15, 0.2) is 0 Å². The van der Waals surface area contributed by atoms with Crippen LogP contribution in [0, 0.1) is 0 Å². The number of hydroxylamine groups is 1. The van der Waals surface area contributed by atoms with Crippen LogP contribution in [0.3, 0.4) is 0 Å². The van der Waals surface area contributed by atoms with Crippen LogP contribution in [0.5, 0.6) is 0 Å². The minimum atomic E-state index is 0.720. The molecule has 0 atom stereocenters. The summed E-state index contributed by atoms with van der Waals surface area (Å²) in [6.07, 6.45) is 0. The van der Waals surface area contributed by atoms with E-state index in [9.17, 15) is 0 Å². The van der Waals surface area contributed by atoms with Gasteiger partial charge in [-0.25, -0.2) is 0 Å². The van der Waals surface area contributed by atoms with Crippen molar-refractivity contribution in [2.24, 2.45) is 0 Å². The molecule has 2 rings (SSSR count). The molecule has 1 heterocycles. The van der Waals surface area contributed by atoms with Gasteiger partial charge in [0.05, 0.1) is 12.8 Å². The summed E-state index contributed by atoms with van der Waals surface area (Å²) in [5.41, 5.74) is 5.35. The Morgan fingerprint density at radius 1 is 1.28 bits per heavy atom. The van der Waals surface area contributed by atoms with Crippen LogP contribution in [-0.2, 0) is 11.4 Å². The van der Waals surface area contributed by atoms with Crippen molar-refractivity contribution in [3.8, 4) is 0 Å². The van der Waals surface area contributed by atoms with Crippen molar-refractivity contribution in [2.45, 2.75) is 6.54 Å². The van der Waals surface area contributed by atoms with Crippen molar-refractivity contribution in [3.63, 3.8) is 0 Å². The Hall–Kier alpha value is -0.620. The van der Waals surface area contributed by atoms with E-state index in [0.717, 1.165) is 37.2 Å². The lowest BCUT2D eigenvalue weighted by molar-refractivity contribution is 0.0867. The number of halogens is 1. The Morgan fingerprint density at radius 3 is 2.61 bits per heavy atom. The van der Waals surface area contributed by atoms with Gasteiger partial charge in [0, 0.05) is 37.2 Å². The number of nitrogens with one attached hydrogen (secondary N) is 1. The molecule has 0 aliphatic carbocycles. The summed E-state index contributed by atoms with van der Waals surface area (Å²) in [5.74, 6) is 0. The van der Waals surface area contributed by atoms with Gasteiger partial charge < -0.3 is 14.6 Å². The van der Waals surface area contributed by atoms with Crippen LogP contribution < -0.4 is 10.4 Å². The minimum absolute atomic E-state index is 0.720. The van der Waals surface area contributed by atoms with Gasteiger partial charge >= 0.3 is 0 Å². The first kappa shape index (κ1) is 13.8. The topological polar surface area (TPSA) is 27.7 Å². The van der Waals surface area contributed by atoms with E-state index < -0.39 is 0 Å². The zero-order valence-electron chi connectivity index (χ0n) is 10.9. The molecule has 1 aromatic carbocycles. The first-order valence-corrected chi connectivity index (χ1v) is 6.98. The molecule has 0 saturated carbocycles. The molecular weight excluding hydrogens is 294 g/mol. The van der Waals surface area contributed by atoms with Crippen molar-refractivity contribution in [1.82, 2.24) is 10.4 Å². The van der Waals surface area contributed by atoms with Crippen molar-refractivity contribution in [2.75, 3.05) is 45.2 Å². The summed E-state index contributed by atoms with van der Waals surface area (Å²) in [5, 5.41) is 0. The highest BCUT2D eigenvalue weighted by atomic mass is 79.9. The molecule has 0 bridgehead atoms. The predicted molar refractivity (Wildman–Crippen MR) is 77.7 cm³/mol. The zero-order valence-corrected chi connectivity index (χ0v) is 12.5. The summed E-state index contributed by atoms with van der Waals surface area (Å²) in [6.45, 7) is 5.15. The Balaban J connectivity index is 2.05. The van der Waals surface area contributed by atoms with Gasteiger partial charge in [-0.1, -0.05) is 6.07 Å². The van der Waals surface area contributed by atoms with Gasteiger partial charge in [0.1, 0.15) is 0 Å². The Morgan fingerprint density at radius 2 is 2.00 bits per heavy atom. The van der Waals surface area contributed by atoms with Crippen LogP contribution >= 0.6 is 15.9 Å². The maximum absolute atomic E-state index is 4.86. The molecule has 5 heteroatoms. The third kappa shape index (κ3) is 3.45. The van der Waals surface area contributed by atoms with Gasteiger partial charge in [0.25, 0.3) is 0 Å². The predicted octanol–water partition coefficient (Wildman–Crippen LogP) is 1.85. The van der Waals surface area contributed by atoms with Gasteiger partial charge in [-0.3, -0.25) is 0 Å². The van der Waals surface area contributed by atoms with Gasteiger partial charge in [0.2, 0.25) is 0 Å². The quantitative estimate of drug-likeness (QED) is 0.859. The molecule has 100 valence electrons. The fourth-order valence-electron chi connectivity index (χ4n) is 2.12. The highest BCUT2D eigenvalue weighted by molar-refractivity contribution is 9.10. The molecule has 1 fully saturated rings. The molecule has 1 aliphatic heterocycles. The number of rotatable bonds is 4. The molecule has 0 spiro atoms. The second kappa shape index (κ2) is 6.52. The normalized spacial score (nSPS) is 17.2. The standard InChI is InChI=1S/C13H20BrN3O/c1-16-5-7-17(8-6-16)13-4-3-11(9-12(13)14)10-15-18-2/h3-4,9,15H,5-8,10H2,1-2H3. The van der Waals surface area contributed by atoms with Crippen molar-refractivity contribution in [3.05, 3.63) is 28.2 Å². The number of hydrogen-bond donors (Lipinski definition) is 1. The maximum Gasteiger partial charge on any atom is 0.0572 e. The molecule has 1 aromatic rings. The van der Waals surface area contributed by atoms with Crippen molar-refractivity contribution >= 4 is 21.6 Å². The number of anilines is 1. The fourth-order valence-corrected chi connectivity index (χ4v) is 2.80. The molecule has 0 aromatic heterocycles. The average molecular weight is 314 g/mol. The van der Waals surface area contributed by atoms with E-state index in [2.05, 4.69) is 56.5 Å². The van der Waals surface area contributed by atoms with E-state index in [0.29, 0.717) is 0 Å². The molecule has 0 amide bonds. The molecule has 1 N–H and O–H groups in total. The highest BCUT2D eigenvalue weighted by Gasteiger charge is 2.16. The van der Waals surface area contributed by atoms with Crippen molar-refractivity contribution in [1.29, 1.82) is 0 Å². The first-order valence-electron chi connectivity index (χ1n) is 6.18. The van der Waals surface area contributed by atoms with E-state index in [-0.39, 0.29) is 0 Å². The summed E-state index contributed by atoms with van der Waals surface area (Å²) in [6, 6.07) is 6.48. The Labute approximate surface area is 117 Å². The minimum Gasteiger partial charge on any atom is -0.368 e. The average Bonchev–Trinajstić information content (AvgIpc) is 2.38. The summed E-state index contributed by atoms with van der Waals surface area (Å²) < 4.78 is 1.16. The number of benzene rings is 1. The number of nitrogens with zero attached hydrogens (tertiary/aromatic N) is 2. The van der Waals surface area contributed by atoms with E-state index in [1.54, 1.807) is 7.11 Å². The smallest absolute Gasteiger partial charge is 0.0572 e. The van der Waals surface area contributed by atoms with Crippen molar-refractivity contribution < 1.29 is 4.84 Å². The van der Waals surface area contributed by atoms with E-state index in [1.165, 1.54) is 11.3 Å². The first-order chi connectivity index (χ1) is 8.70. The van der Waals surface area contributed by atoms with Crippen LogP contribution in [0.25, 0.3) is 0 Å². The molecule has 1 saturated heterocycles. The lowest BCUT2D eigenvalue weighted by Crippen LogP contribution is -2.44. The third-order valence-electron chi connectivity index (χ3n) is 3.28. The summed E-state index contributed by atoms with van der Waals surface area (Å²) >= 11 is 3.67. The Kier molecular flexibility index (Phi) is 5.00. The summed E-state index contributed by atoms with van der Waals surface area (Å²) in [7, 11) is 3.81. The highest BCUT2D eigenvalue weighted by Crippen LogP contribution is 2.28. The van der Waals surface area contributed by atoms with E-state index >= 15 is 0 Å². The molecule has 4 nitrogen and oxygen atoms in total. The SMILES string of the molecule is CONCc1ccc(N2CCN(C)CC2)c(Br)c1. The fraction of sp³-hybridized carbons (Fsp3) is 0.538.